The highest BCUT2D eigenvalue weighted by Gasteiger charge is 2.15. The minimum Gasteiger partial charge on any atom is -0.454 e. The van der Waals surface area contributed by atoms with Crippen LogP contribution in [0.15, 0.2) is 60.8 Å². The Balaban J connectivity index is 1.32. The van der Waals surface area contributed by atoms with Crippen molar-refractivity contribution in [1.29, 1.82) is 0 Å². The molecule has 0 bridgehead atoms. The predicted octanol–water partition coefficient (Wildman–Crippen LogP) is 3.50. The first kappa shape index (κ1) is 17.8. The average molecular weight is 376 g/mol. The van der Waals surface area contributed by atoms with Crippen LogP contribution in [0.1, 0.15) is 22.5 Å². The van der Waals surface area contributed by atoms with E-state index in [4.69, 9.17) is 9.47 Å². The molecule has 0 unspecified atom stereocenters. The standard InChI is InChI=1S/C21H20N4O3/c26-20(24-16-8-9-18-19(13-16)28-14-27-18)17-10-12-23-21(25-17)22-11-4-7-15-5-2-1-3-6-15/h1-3,5-6,8-10,12-13H,4,7,11,14H2,(H,24,26)(H,22,23,25). The second kappa shape index (κ2) is 8.39. The third kappa shape index (κ3) is 4.37. The van der Waals surface area contributed by atoms with Gasteiger partial charge in [-0.1, -0.05) is 30.3 Å². The van der Waals surface area contributed by atoms with Crippen LogP contribution in [-0.2, 0) is 6.42 Å². The summed E-state index contributed by atoms with van der Waals surface area (Å²) in [4.78, 5) is 21.0. The molecule has 0 fully saturated rings. The molecule has 7 nitrogen and oxygen atoms in total. The van der Waals surface area contributed by atoms with E-state index in [0.29, 0.717) is 28.8 Å². The fraction of sp³-hybridized carbons (Fsp3) is 0.190. The highest BCUT2D eigenvalue weighted by atomic mass is 16.7. The number of carbonyl (C=O) groups excluding carboxylic acids is 1. The maximum atomic E-state index is 12.5. The SMILES string of the molecule is O=C(Nc1ccc2c(c1)OCO2)c1ccnc(NCCCc2ccccc2)n1. The second-order valence-corrected chi connectivity index (χ2v) is 6.30. The summed E-state index contributed by atoms with van der Waals surface area (Å²) in [5, 5.41) is 5.98. The minimum absolute atomic E-state index is 0.192. The number of rotatable bonds is 7. The van der Waals surface area contributed by atoms with Crippen molar-refractivity contribution in [1.82, 2.24) is 9.97 Å². The number of aromatic nitrogens is 2. The van der Waals surface area contributed by atoms with Gasteiger partial charge in [0.1, 0.15) is 5.69 Å². The number of carbonyl (C=O) groups is 1. The van der Waals surface area contributed by atoms with Gasteiger partial charge in [0.05, 0.1) is 0 Å². The van der Waals surface area contributed by atoms with Crippen molar-refractivity contribution in [3.63, 3.8) is 0 Å². The number of hydrogen-bond acceptors (Lipinski definition) is 6. The molecule has 2 aromatic carbocycles. The van der Waals surface area contributed by atoms with Crippen LogP contribution >= 0.6 is 0 Å². The Hall–Kier alpha value is -3.61. The molecule has 1 aliphatic rings. The van der Waals surface area contributed by atoms with E-state index < -0.39 is 0 Å². The molecule has 28 heavy (non-hydrogen) atoms. The van der Waals surface area contributed by atoms with Crippen molar-refractivity contribution in [3.8, 4) is 11.5 Å². The molecule has 0 saturated carbocycles. The largest absolute Gasteiger partial charge is 0.454 e. The van der Waals surface area contributed by atoms with Crippen LogP contribution in [0.4, 0.5) is 11.6 Å². The van der Waals surface area contributed by atoms with E-state index in [2.05, 4.69) is 32.7 Å². The lowest BCUT2D eigenvalue weighted by atomic mass is 10.1. The quantitative estimate of drug-likeness (QED) is 0.614. The summed E-state index contributed by atoms with van der Waals surface area (Å²) >= 11 is 0. The Kier molecular flexibility index (Phi) is 5.33. The van der Waals surface area contributed by atoms with Gasteiger partial charge in [-0.25, -0.2) is 9.97 Å². The van der Waals surface area contributed by atoms with E-state index in [1.54, 1.807) is 30.5 Å². The Morgan fingerprint density at radius 3 is 2.79 bits per heavy atom. The van der Waals surface area contributed by atoms with E-state index >= 15 is 0 Å². The van der Waals surface area contributed by atoms with Gasteiger partial charge in [-0.2, -0.15) is 0 Å². The van der Waals surface area contributed by atoms with Crippen LogP contribution in [0.3, 0.4) is 0 Å². The molecule has 0 atom stereocenters. The summed E-state index contributed by atoms with van der Waals surface area (Å²) < 4.78 is 10.6. The van der Waals surface area contributed by atoms with Crippen LogP contribution in [-0.4, -0.2) is 29.2 Å². The van der Waals surface area contributed by atoms with Gasteiger partial charge in [-0.15, -0.1) is 0 Å². The molecular weight excluding hydrogens is 356 g/mol. The molecule has 0 saturated heterocycles. The molecule has 1 aliphatic heterocycles. The molecular formula is C21H20N4O3. The van der Waals surface area contributed by atoms with Crippen LogP contribution in [0.5, 0.6) is 11.5 Å². The van der Waals surface area contributed by atoms with Gasteiger partial charge in [0, 0.05) is 24.5 Å². The first-order valence-electron chi connectivity index (χ1n) is 9.10. The Morgan fingerprint density at radius 1 is 1.04 bits per heavy atom. The smallest absolute Gasteiger partial charge is 0.274 e. The normalized spacial score (nSPS) is 11.9. The molecule has 3 aromatic rings. The number of ether oxygens (including phenoxy) is 2. The monoisotopic (exact) mass is 376 g/mol. The van der Waals surface area contributed by atoms with Gasteiger partial charge in [0.25, 0.3) is 5.91 Å². The zero-order valence-electron chi connectivity index (χ0n) is 15.2. The molecule has 7 heteroatoms. The number of amides is 1. The van der Waals surface area contributed by atoms with Crippen LogP contribution < -0.4 is 20.1 Å². The van der Waals surface area contributed by atoms with Gasteiger partial charge in [0.15, 0.2) is 11.5 Å². The van der Waals surface area contributed by atoms with E-state index in [1.165, 1.54) is 5.56 Å². The lowest BCUT2D eigenvalue weighted by molar-refractivity contribution is 0.102. The summed E-state index contributed by atoms with van der Waals surface area (Å²) in [7, 11) is 0. The zero-order valence-corrected chi connectivity index (χ0v) is 15.2. The van der Waals surface area contributed by atoms with Crippen molar-refractivity contribution < 1.29 is 14.3 Å². The Labute approximate surface area is 162 Å². The van der Waals surface area contributed by atoms with E-state index in [1.807, 2.05) is 18.2 Å². The van der Waals surface area contributed by atoms with Crippen molar-refractivity contribution in [2.24, 2.45) is 0 Å². The fourth-order valence-electron chi connectivity index (χ4n) is 2.88. The molecule has 2 N–H and O–H groups in total. The van der Waals surface area contributed by atoms with Crippen molar-refractivity contribution in [2.75, 3.05) is 24.0 Å². The van der Waals surface area contributed by atoms with Gasteiger partial charge in [0.2, 0.25) is 12.7 Å². The van der Waals surface area contributed by atoms with Gasteiger partial charge < -0.3 is 20.1 Å². The number of anilines is 2. The number of aryl methyl sites for hydroxylation is 1. The van der Waals surface area contributed by atoms with Crippen molar-refractivity contribution in [2.45, 2.75) is 12.8 Å². The first-order valence-corrected chi connectivity index (χ1v) is 9.10. The van der Waals surface area contributed by atoms with Crippen molar-refractivity contribution in [3.05, 3.63) is 72.1 Å². The zero-order chi connectivity index (χ0) is 19.2. The van der Waals surface area contributed by atoms with Crippen LogP contribution in [0.25, 0.3) is 0 Å². The fourth-order valence-corrected chi connectivity index (χ4v) is 2.88. The van der Waals surface area contributed by atoms with Crippen molar-refractivity contribution >= 4 is 17.5 Å². The molecule has 1 aromatic heterocycles. The van der Waals surface area contributed by atoms with E-state index in [9.17, 15) is 4.79 Å². The number of nitrogens with one attached hydrogen (secondary N) is 2. The number of fused-ring (bicyclic) bond motifs is 1. The molecule has 1 amide bonds. The highest BCUT2D eigenvalue weighted by molar-refractivity contribution is 6.03. The first-order chi connectivity index (χ1) is 13.8. The third-order valence-corrected chi connectivity index (χ3v) is 4.29. The molecule has 0 aliphatic carbocycles. The number of benzene rings is 2. The van der Waals surface area contributed by atoms with Crippen LogP contribution in [0, 0.1) is 0 Å². The Morgan fingerprint density at radius 2 is 1.89 bits per heavy atom. The molecule has 142 valence electrons. The van der Waals surface area contributed by atoms with E-state index in [-0.39, 0.29) is 12.7 Å². The molecule has 2 heterocycles. The summed E-state index contributed by atoms with van der Waals surface area (Å²) in [6.07, 6.45) is 3.49. The Bertz CT molecular complexity index is 963. The van der Waals surface area contributed by atoms with Gasteiger partial charge in [-0.3, -0.25) is 4.79 Å². The summed E-state index contributed by atoms with van der Waals surface area (Å²) in [6.45, 7) is 0.917. The number of nitrogens with zero attached hydrogens (tertiary/aromatic N) is 2. The minimum atomic E-state index is -0.311. The summed E-state index contributed by atoms with van der Waals surface area (Å²) in [5.41, 5.74) is 2.20. The lowest BCUT2D eigenvalue weighted by Gasteiger charge is -2.08. The van der Waals surface area contributed by atoms with Gasteiger partial charge >= 0.3 is 0 Å². The lowest BCUT2D eigenvalue weighted by Crippen LogP contribution is -2.15. The summed E-state index contributed by atoms with van der Waals surface area (Å²) in [6, 6.07) is 17.1. The average Bonchev–Trinajstić information content (AvgIpc) is 3.20. The van der Waals surface area contributed by atoms with Gasteiger partial charge in [-0.05, 0) is 36.6 Å². The maximum Gasteiger partial charge on any atom is 0.274 e. The van der Waals surface area contributed by atoms with Crippen LogP contribution in [0.2, 0.25) is 0 Å². The molecule has 4 rings (SSSR count). The molecule has 0 radical (unpaired) electrons. The molecule has 0 spiro atoms. The van der Waals surface area contributed by atoms with E-state index in [0.717, 1.165) is 19.4 Å². The number of hydrogen-bond donors (Lipinski definition) is 2. The highest BCUT2D eigenvalue weighted by Crippen LogP contribution is 2.34. The third-order valence-electron chi connectivity index (χ3n) is 4.29. The second-order valence-electron chi connectivity index (χ2n) is 6.30. The predicted molar refractivity (Wildman–Crippen MR) is 106 cm³/mol. The maximum absolute atomic E-state index is 12.5. The topological polar surface area (TPSA) is 85.4 Å². The summed E-state index contributed by atoms with van der Waals surface area (Å²) in [5.74, 6) is 1.41.